The van der Waals surface area contributed by atoms with Gasteiger partial charge in [-0.2, -0.15) is 0 Å². The standard InChI is InChI=1S/C12H10O6/c13-11-15-5-9(17-11)7-1-2-8(4-3-7)10-6-16-12(14)18-10/h1-4,9-10H,5-6H2. The smallest absolute Gasteiger partial charge is 0.430 e. The average molecular weight is 250 g/mol. The first kappa shape index (κ1) is 10.9. The number of ether oxygens (including phenoxy) is 4. The molecule has 0 aliphatic carbocycles. The molecular weight excluding hydrogens is 240 g/mol. The van der Waals surface area contributed by atoms with Crippen LogP contribution in [0.4, 0.5) is 9.59 Å². The van der Waals surface area contributed by atoms with Gasteiger partial charge in [0.2, 0.25) is 0 Å². The second kappa shape index (κ2) is 4.21. The van der Waals surface area contributed by atoms with Gasteiger partial charge in [0.1, 0.15) is 13.2 Å². The molecule has 2 aliphatic rings. The SMILES string of the molecule is O=C1OCC(c2ccc(C3COC(=O)O3)cc2)O1. The maximum atomic E-state index is 10.8. The molecule has 2 aliphatic heterocycles. The first-order valence-electron chi connectivity index (χ1n) is 5.49. The van der Waals surface area contributed by atoms with Crippen molar-refractivity contribution < 1.29 is 28.5 Å². The summed E-state index contributed by atoms with van der Waals surface area (Å²) in [7, 11) is 0. The highest BCUT2D eigenvalue weighted by atomic mass is 16.8. The first-order chi connectivity index (χ1) is 8.72. The van der Waals surface area contributed by atoms with Crippen LogP contribution in [-0.2, 0) is 18.9 Å². The molecule has 1 aromatic rings. The third-order valence-corrected chi connectivity index (χ3v) is 2.86. The van der Waals surface area contributed by atoms with E-state index in [0.29, 0.717) is 0 Å². The lowest BCUT2D eigenvalue weighted by Crippen LogP contribution is -2.03. The van der Waals surface area contributed by atoms with Gasteiger partial charge in [-0.3, -0.25) is 0 Å². The van der Waals surface area contributed by atoms with Crippen molar-refractivity contribution in [3.8, 4) is 0 Å². The molecule has 0 bridgehead atoms. The summed E-state index contributed by atoms with van der Waals surface area (Å²) in [5.41, 5.74) is 1.68. The predicted molar refractivity (Wildman–Crippen MR) is 56.8 cm³/mol. The van der Waals surface area contributed by atoms with Gasteiger partial charge < -0.3 is 18.9 Å². The van der Waals surface area contributed by atoms with Crippen molar-refractivity contribution in [3.05, 3.63) is 35.4 Å². The minimum absolute atomic E-state index is 0.222. The number of cyclic esters (lactones) is 4. The molecule has 0 radical (unpaired) electrons. The number of benzene rings is 1. The molecule has 0 spiro atoms. The van der Waals surface area contributed by atoms with Crippen molar-refractivity contribution in [2.75, 3.05) is 13.2 Å². The van der Waals surface area contributed by atoms with E-state index in [2.05, 4.69) is 0 Å². The quantitative estimate of drug-likeness (QED) is 0.748. The molecule has 1 aromatic carbocycles. The van der Waals surface area contributed by atoms with Gasteiger partial charge in [-0.15, -0.1) is 0 Å². The molecule has 2 saturated heterocycles. The topological polar surface area (TPSA) is 71.1 Å². The lowest BCUT2D eigenvalue weighted by Gasteiger charge is -2.10. The number of hydrogen-bond donors (Lipinski definition) is 0. The Hall–Kier alpha value is -2.24. The Labute approximate surface area is 102 Å². The predicted octanol–water partition coefficient (Wildman–Crippen LogP) is 2.10. The molecule has 0 amide bonds. The van der Waals surface area contributed by atoms with Crippen LogP contribution in [0.2, 0.25) is 0 Å². The van der Waals surface area contributed by atoms with Gasteiger partial charge in [0.25, 0.3) is 0 Å². The summed E-state index contributed by atoms with van der Waals surface area (Å²) >= 11 is 0. The van der Waals surface area contributed by atoms with E-state index in [1.54, 1.807) is 0 Å². The molecule has 0 N–H and O–H groups in total. The van der Waals surface area contributed by atoms with Crippen LogP contribution >= 0.6 is 0 Å². The summed E-state index contributed by atoms with van der Waals surface area (Å²) in [6.07, 6.45) is -2.03. The van der Waals surface area contributed by atoms with Crippen molar-refractivity contribution in [2.24, 2.45) is 0 Å². The molecule has 3 rings (SSSR count). The van der Waals surface area contributed by atoms with Gasteiger partial charge in [-0.25, -0.2) is 9.59 Å². The summed E-state index contributed by atoms with van der Waals surface area (Å²) in [5.74, 6) is 0. The zero-order chi connectivity index (χ0) is 12.5. The molecule has 0 aromatic heterocycles. The van der Waals surface area contributed by atoms with Gasteiger partial charge in [0, 0.05) is 0 Å². The molecule has 2 fully saturated rings. The van der Waals surface area contributed by atoms with E-state index in [9.17, 15) is 9.59 Å². The molecule has 2 unspecified atom stereocenters. The van der Waals surface area contributed by atoms with E-state index in [1.807, 2.05) is 24.3 Å². The molecule has 18 heavy (non-hydrogen) atoms. The minimum atomic E-state index is -0.651. The maximum Gasteiger partial charge on any atom is 0.509 e. The van der Waals surface area contributed by atoms with Gasteiger partial charge in [-0.1, -0.05) is 24.3 Å². The molecule has 94 valence electrons. The first-order valence-corrected chi connectivity index (χ1v) is 5.49. The highest BCUT2D eigenvalue weighted by Crippen LogP contribution is 2.28. The van der Waals surface area contributed by atoms with Crippen LogP contribution in [0.1, 0.15) is 23.3 Å². The molecule has 2 heterocycles. The molecule has 2 atom stereocenters. The van der Waals surface area contributed by atoms with E-state index in [-0.39, 0.29) is 25.4 Å². The van der Waals surface area contributed by atoms with E-state index in [1.165, 1.54) is 0 Å². The zero-order valence-corrected chi connectivity index (χ0v) is 9.33. The van der Waals surface area contributed by atoms with Crippen molar-refractivity contribution in [3.63, 3.8) is 0 Å². The highest BCUT2D eigenvalue weighted by molar-refractivity contribution is 5.63. The Balaban J connectivity index is 1.73. The fraction of sp³-hybridized carbons (Fsp3) is 0.333. The van der Waals surface area contributed by atoms with E-state index >= 15 is 0 Å². The van der Waals surface area contributed by atoms with Crippen molar-refractivity contribution in [2.45, 2.75) is 12.2 Å². The average Bonchev–Trinajstić information content (AvgIpc) is 2.98. The van der Waals surface area contributed by atoms with Gasteiger partial charge in [0.05, 0.1) is 0 Å². The van der Waals surface area contributed by atoms with Crippen molar-refractivity contribution in [1.29, 1.82) is 0 Å². The third-order valence-electron chi connectivity index (χ3n) is 2.86. The summed E-state index contributed by atoms with van der Waals surface area (Å²) in [6.45, 7) is 0.444. The van der Waals surface area contributed by atoms with Gasteiger partial charge in [0.15, 0.2) is 12.2 Å². The Morgan fingerprint density at radius 2 is 1.17 bits per heavy atom. The third kappa shape index (κ3) is 1.97. The molecule has 0 saturated carbocycles. The highest BCUT2D eigenvalue weighted by Gasteiger charge is 2.29. The number of rotatable bonds is 2. The Kier molecular flexibility index (Phi) is 2.55. The van der Waals surface area contributed by atoms with Crippen LogP contribution in [0.3, 0.4) is 0 Å². The lowest BCUT2D eigenvalue weighted by molar-refractivity contribution is 0.116. The summed E-state index contributed by atoms with van der Waals surface area (Å²) < 4.78 is 19.3. The van der Waals surface area contributed by atoms with Crippen LogP contribution in [0.25, 0.3) is 0 Å². The maximum absolute atomic E-state index is 10.8. The van der Waals surface area contributed by atoms with Crippen molar-refractivity contribution in [1.82, 2.24) is 0 Å². The number of carbonyl (C=O) groups is 2. The second-order valence-corrected chi connectivity index (χ2v) is 4.00. The fourth-order valence-electron chi connectivity index (χ4n) is 1.91. The lowest BCUT2D eigenvalue weighted by atomic mass is 10.0. The van der Waals surface area contributed by atoms with Crippen LogP contribution < -0.4 is 0 Å². The van der Waals surface area contributed by atoms with Crippen LogP contribution in [0, 0.1) is 0 Å². The van der Waals surface area contributed by atoms with Crippen molar-refractivity contribution >= 4 is 12.3 Å². The largest absolute Gasteiger partial charge is 0.509 e. The Morgan fingerprint density at radius 1 is 0.778 bits per heavy atom. The Bertz CT molecular complexity index is 435. The fourth-order valence-corrected chi connectivity index (χ4v) is 1.91. The van der Waals surface area contributed by atoms with E-state index < -0.39 is 12.3 Å². The van der Waals surface area contributed by atoms with E-state index in [0.717, 1.165) is 11.1 Å². The van der Waals surface area contributed by atoms with E-state index in [4.69, 9.17) is 18.9 Å². The second-order valence-electron chi connectivity index (χ2n) is 4.00. The minimum Gasteiger partial charge on any atom is -0.430 e. The van der Waals surface area contributed by atoms with Gasteiger partial charge >= 0.3 is 12.3 Å². The summed E-state index contributed by atoms with van der Waals surface area (Å²) in [5, 5.41) is 0. The molecule has 6 nitrogen and oxygen atoms in total. The van der Waals surface area contributed by atoms with Crippen LogP contribution in [0.5, 0.6) is 0 Å². The Morgan fingerprint density at radius 3 is 1.44 bits per heavy atom. The van der Waals surface area contributed by atoms with Crippen LogP contribution in [-0.4, -0.2) is 25.5 Å². The summed E-state index contributed by atoms with van der Waals surface area (Å²) in [6, 6.07) is 7.25. The monoisotopic (exact) mass is 250 g/mol. The number of hydrogen-bond acceptors (Lipinski definition) is 6. The molecule has 6 heteroatoms. The molecular formula is C12H10O6. The van der Waals surface area contributed by atoms with Crippen LogP contribution in [0.15, 0.2) is 24.3 Å². The van der Waals surface area contributed by atoms with Gasteiger partial charge in [-0.05, 0) is 11.1 Å². The number of carbonyl (C=O) groups excluding carboxylic acids is 2. The summed E-state index contributed by atoms with van der Waals surface area (Å²) in [4.78, 5) is 21.6. The zero-order valence-electron chi connectivity index (χ0n) is 9.33. The normalized spacial score (nSPS) is 26.2.